The smallest absolute Gasteiger partial charge is 0.273 e. The second kappa shape index (κ2) is 3.69. The van der Waals surface area contributed by atoms with Crippen LogP contribution in [0.1, 0.15) is 27.7 Å². The molecule has 11 heavy (non-hydrogen) atoms. The maximum Gasteiger partial charge on any atom is 0.273 e. The van der Waals surface area contributed by atoms with E-state index < -0.39 is 8.48 Å². The standard InChI is InChI=1S/C8H21NOSi/c1-7-11(9-5,10-6)8(2,3)4/h9H,7H2,1-6H3. The van der Waals surface area contributed by atoms with Crippen molar-refractivity contribution in [2.24, 2.45) is 0 Å². The fourth-order valence-electron chi connectivity index (χ4n) is 1.63. The van der Waals surface area contributed by atoms with Crippen molar-refractivity contribution in [2.75, 3.05) is 14.2 Å². The number of hydrogen-bond donors (Lipinski definition) is 1. The van der Waals surface area contributed by atoms with Crippen LogP contribution in [0.15, 0.2) is 0 Å². The second-order valence-electron chi connectivity index (χ2n) is 3.88. The van der Waals surface area contributed by atoms with E-state index in [-0.39, 0.29) is 5.04 Å². The van der Waals surface area contributed by atoms with Crippen LogP contribution in [0.4, 0.5) is 0 Å². The average Bonchev–Trinajstić information content (AvgIpc) is 1.90. The first-order chi connectivity index (χ1) is 4.93. The molecular weight excluding hydrogens is 154 g/mol. The molecule has 0 amide bonds. The third-order valence-electron chi connectivity index (χ3n) is 2.46. The van der Waals surface area contributed by atoms with Crippen molar-refractivity contribution in [2.45, 2.75) is 38.8 Å². The third-order valence-corrected chi connectivity index (χ3v) is 7.39. The Balaban J connectivity index is 4.54. The van der Waals surface area contributed by atoms with Crippen molar-refractivity contribution in [1.82, 2.24) is 4.98 Å². The Morgan fingerprint density at radius 1 is 1.36 bits per heavy atom. The largest absolute Gasteiger partial charge is 0.406 e. The van der Waals surface area contributed by atoms with Crippen molar-refractivity contribution in [3.63, 3.8) is 0 Å². The summed E-state index contributed by atoms with van der Waals surface area (Å²) >= 11 is 0. The topological polar surface area (TPSA) is 21.3 Å². The number of rotatable bonds is 3. The summed E-state index contributed by atoms with van der Waals surface area (Å²) in [6, 6.07) is 1.11. The van der Waals surface area contributed by atoms with E-state index in [9.17, 15) is 0 Å². The van der Waals surface area contributed by atoms with E-state index >= 15 is 0 Å². The SMILES string of the molecule is CC[Si](NC)(OC)C(C)(C)C. The molecule has 0 aliphatic heterocycles. The van der Waals surface area contributed by atoms with E-state index in [4.69, 9.17) is 4.43 Å². The Morgan fingerprint density at radius 2 is 1.82 bits per heavy atom. The van der Waals surface area contributed by atoms with Gasteiger partial charge in [-0.05, 0) is 18.1 Å². The van der Waals surface area contributed by atoms with E-state index in [0.29, 0.717) is 0 Å². The molecule has 3 heteroatoms. The van der Waals surface area contributed by atoms with Gasteiger partial charge in [0.1, 0.15) is 0 Å². The first kappa shape index (κ1) is 11.1. The Hall–Kier alpha value is 0.137. The first-order valence-corrected chi connectivity index (χ1v) is 6.29. The Morgan fingerprint density at radius 3 is 1.82 bits per heavy atom. The van der Waals surface area contributed by atoms with Crippen LogP contribution in [-0.2, 0) is 4.43 Å². The molecule has 0 aromatic heterocycles. The lowest BCUT2D eigenvalue weighted by Crippen LogP contribution is -2.57. The molecule has 0 saturated heterocycles. The second-order valence-corrected chi connectivity index (χ2v) is 8.65. The third kappa shape index (κ3) is 2.04. The van der Waals surface area contributed by atoms with Gasteiger partial charge in [-0.2, -0.15) is 0 Å². The molecule has 0 rings (SSSR count). The van der Waals surface area contributed by atoms with Crippen LogP contribution < -0.4 is 4.98 Å². The molecule has 0 spiro atoms. The summed E-state index contributed by atoms with van der Waals surface area (Å²) in [6.45, 7) is 8.91. The minimum absolute atomic E-state index is 0.269. The zero-order valence-electron chi connectivity index (χ0n) is 8.62. The van der Waals surface area contributed by atoms with E-state index in [0.717, 1.165) is 6.04 Å². The van der Waals surface area contributed by atoms with Gasteiger partial charge < -0.3 is 9.41 Å². The lowest BCUT2D eigenvalue weighted by molar-refractivity contribution is 0.349. The Labute approximate surface area is 71.5 Å². The Bertz CT molecular complexity index is 107. The van der Waals surface area contributed by atoms with Crippen LogP contribution in [0.3, 0.4) is 0 Å². The highest BCUT2D eigenvalue weighted by molar-refractivity contribution is 6.74. The minimum Gasteiger partial charge on any atom is -0.406 e. The van der Waals surface area contributed by atoms with Gasteiger partial charge in [0, 0.05) is 7.11 Å². The van der Waals surface area contributed by atoms with E-state index in [1.165, 1.54) is 0 Å². The van der Waals surface area contributed by atoms with Crippen LogP contribution in [-0.4, -0.2) is 22.6 Å². The summed E-state index contributed by atoms with van der Waals surface area (Å²) in [4.78, 5) is 3.37. The molecule has 0 heterocycles. The monoisotopic (exact) mass is 175 g/mol. The quantitative estimate of drug-likeness (QED) is 0.663. The highest BCUT2D eigenvalue weighted by Gasteiger charge is 2.43. The molecule has 0 fully saturated rings. The average molecular weight is 175 g/mol. The molecule has 0 aromatic carbocycles. The van der Waals surface area contributed by atoms with Gasteiger partial charge in [-0.1, -0.05) is 27.7 Å². The highest BCUT2D eigenvalue weighted by Crippen LogP contribution is 2.36. The van der Waals surface area contributed by atoms with E-state index in [1.54, 1.807) is 0 Å². The molecule has 1 N–H and O–H groups in total. The summed E-state index contributed by atoms with van der Waals surface area (Å²) in [6.07, 6.45) is 0. The van der Waals surface area contributed by atoms with Crippen LogP contribution in [0.25, 0.3) is 0 Å². The summed E-state index contributed by atoms with van der Waals surface area (Å²) in [7, 11) is 2.15. The minimum atomic E-state index is -1.67. The van der Waals surface area contributed by atoms with Gasteiger partial charge in [0.25, 0.3) is 8.48 Å². The first-order valence-electron chi connectivity index (χ1n) is 4.17. The van der Waals surface area contributed by atoms with E-state index in [2.05, 4.69) is 32.7 Å². The predicted octanol–water partition coefficient (Wildman–Crippen LogP) is 2.11. The Kier molecular flexibility index (Phi) is 3.74. The van der Waals surface area contributed by atoms with Crippen molar-refractivity contribution in [3.8, 4) is 0 Å². The lowest BCUT2D eigenvalue weighted by Gasteiger charge is -2.39. The van der Waals surface area contributed by atoms with Gasteiger partial charge in [0.2, 0.25) is 0 Å². The van der Waals surface area contributed by atoms with Gasteiger partial charge in [0.05, 0.1) is 0 Å². The summed E-state index contributed by atoms with van der Waals surface area (Å²) in [5, 5.41) is 0.269. The normalized spacial score (nSPS) is 18.0. The number of hydrogen-bond acceptors (Lipinski definition) is 2. The van der Waals surface area contributed by atoms with Crippen molar-refractivity contribution in [3.05, 3.63) is 0 Å². The van der Waals surface area contributed by atoms with Gasteiger partial charge in [-0.15, -0.1) is 0 Å². The molecule has 1 atom stereocenters. The van der Waals surface area contributed by atoms with Crippen molar-refractivity contribution < 1.29 is 4.43 Å². The predicted molar refractivity (Wildman–Crippen MR) is 52.0 cm³/mol. The van der Waals surface area contributed by atoms with E-state index in [1.807, 2.05) is 14.2 Å². The molecular formula is C8H21NOSi. The zero-order chi connectivity index (χ0) is 9.12. The van der Waals surface area contributed by atoms with Crippen molar-refractivity contribution >= 4 is 8.48 Å². The fourth-order valence-corrected chi connectivity index (χ4v) is 4.90. The van der Waals surface area contributed by atoms with Crippen molar-refractivity contribution in [1.29, 1.82) is 0 Å². The number of nitrogens with one attached hydrogen (secondary N) is 1. The van der Waals surface area contributed by atoms with Crippen LogP contribution in [0, 0.1) is 0 Å². The fraction of sp³-hybridized carbons (Fsp3) is 1.00. The molecule has 0 radical (unpaired) electrons. The molecule has 0 aliphatic rings. The summed E-state index contributed by atoms with van der Waals surface area (Å²) in [5.41, 5.74) is 0. The molecule has 0 aliphatic carbocycles. The van der Waals surface area contributed by atoms with Gasteiger partial charge in [-0.25, -0.2) is 0 Å². The molecule has 0 bridgehead atoms. The molecule has 1 unspecified atom stereocenters. The van der Waals surface area contributed by atoms with Gasteiger partial charge in [-0.3, -0.25) is 0 Å². The zero-order valence-corrected chi connectivity index (χ0v) is 9.62. The molecule has 2 nitrogen and oxygen atoms in total. The summed E-state index contributed by atoms with van der Waals surface area (Å²) < 4.78 is 5.63. The molecule has 0 aromatic rings. The maximum absolute atomic E-state index is 5.63. The summed E-state index contributed by atoms with van der Waals surface area (Å²) in [5.74, 6) is 0. The van der Waals surface area contributed by atoms with Gasteiger partial charge >= 0.3 is 0 Å². The van der Waals surface area contributed by atoms with Crippen LogP contribution in [0.5, 0.6) is 0 Å². The lowest BCUT2D eigenvalue weighted by atomic mass is 10.2. The maximum atomic E-state index is 5.63. The molecule has 0 saturated carbocycles. The van der Waals surface area contributed by atoms with Gasteiger partial charge in [0.15, 0.2) is 0 Å². The molecule has 68 valence electrons. The van der Waals surface area contributed by atoms with Crippen LogP contribution in [0.2, 0.25) is 11.1 Å². The van der Waals surface area contributed by atoms with Crippen LogP contribution >= 0.6 is 0 Å². The highest BCUT2D eigenvalue weighted by atomic mass is 28.4.